The highest BCUT2D eigenvalue weighted by atomic mass is 16.3. The quantitative estimate of drug-likeness (QED) is 0.730. The molecular formula is C14H20O. The molecule has 0 radical (unpaired) electrons. The van der Waals surface area contributed by atoms with Gasteiger partial charge in [-0.2, -0.15) is 0 Å². The van der Waals surface area contributed by atoms with E-state index in [1.807, 2.05) is 24.3 Å². The Morgan fingerprint density at radius 3 is 2.40 bits per heavy atom. The van der Waals surface area contributed by atoms with E-state index in [4.69, 9.17) is 0 Å². The van der Waals surface area contributed by atoms with Crippen LogP contribution in [-0.4, -0.2) is 11.2 Å². The molecule has 0 unspecified atom stereocenters. The Hall–Kier alpha value is -1.08. The molecule has 1 nitrogen and oxygen atoms in total. The van der Waals surface area contributed by atoms with Gasteiger partial charge in [0.05, 0.1) is 6.10 Å². The van der Waals surface area contributed by atoms with Gasteiger partial charge in [-0.05, 0) is 24.3 Å². The average molecular weight is 204 g/mol. The van der Waals surface area contributed by atoms with E-state index in [1.165, 1.54) is 5.56 Å². The van der Waals surface area contributed by atoms with Crippen molar-refractivity contribution in [1.82, 2.24) is 0 Å². The molecule has 1 N–H and O–H groups in total. The van der Waals surface area contributed by atoms with Crippen molar-refractivity contribution in [2.45, 2.75) is 32.8 Å². The van der Waals surface area contributed by atoms with Crippen LogP contribution in [0.25, 0.3) is 0 Å². The molecule has 0 amide bonds. The van der Waals surface area contributed by atoms with E-state index in [0.29, 0.717) is 5.92 Å². The average Bonchev–Trinajstić information content (AvgIpc) is 2.25. The van der Waals surface area contributed by atoms with Gasteiger partial charge >= 0.3 is 0 Å². The Morgan fingerprint density at radius 2 is 1.80 bits per heavy atom. The van der Waals surface area contributed by atoms with Gasteiger partial charge in [-0.3, -0.25) is 0 Å². The Labute approximate surface area is 92.5 Å². The van der Waals surface area contributed by atoms with Crippen molar-refractivity contribution in [3.63, 3.8) is 0 Å². The van der Waals surface area contributed by atoms with E-state index in [0.717, 1.165) is 12.8 Å². The van der Waals surface area contributed by atoms with Crippen LogP contribution in [0.15, 0.2) is 42.5 Å². The molecule has 0 fully saturated rings. The summed E-state index contributed by atoms with van der Waals surface area (Å²) in [5, 5.41) is 9.67. The summed E-state index contributed by atoms with van der Waals surface area (Å²) in [6.07, 6.45) is 5.37. The van der Waals surface area contributed by atoms with E-state index in [2.05, 4.69) is 32.1 Å². The van der Waals surface area contributed by atoms with Crippen molar-refractivity contribution in [2.24, 2.45) is 5.92 Å². The van der Waals surface area contributed by atoms with Gasteiger partial charge in [0, 0.05) is 0 Å². The molecule has 0 saturated heterocycles. The fourth-order valence-corrected chi connectivity index (χ4v) is 1.41. The van der Waals surface area contributed by atoms with E-state index in [9.17, 15) is 5.11 Å². The number of aliphatic hydroxyl groups is 1. The van der Waals surface area contributed by atoms with Gasteiger partial charge in [-0.15, -0.1) is 0 Å². The molecule has 1 heteroatoms. The van der Waals surface area contributed by atoms with E-state index >= 15 is 0 Å². The third-order valence-corrected chi connectivity index (χ3v) is 2.29. The molecular weight excluding hydrogens is 184 g/mol. The van der Waals surface area contributed by atoms with Crippen molar-refractivity contribution in [3.05, 3.63) is 48.0 Å². The standard InChI is InChI=1S/C14H20O/c1-12(2)8-10-14(15)11-9-13-6-4-3-5-7-13/h3-8,10,12,14-15H,9,11H2,1-2H3/b10-8+/t14-/m1/s1. The molecule has 0 spiro atoms. The van der Waals surface area contributed by atoms with Crippen molar-refractivity contribution in [1.29, 1.82) is 0 Å². The summed E-state index contributed by atoms with van der Waals surface area (Å²) in [7, 11) is 0. The molecule has 1 rings (SSSR count). The Bertz CT molecular complexity index is 287. The van der Waals surface area contributed by atoms with Gasteiger partial charge in [0.2, 0.25) is 0 Å². The summed E-state index contributed by atoms with van der Waals surface area (Å²) in [4.78, 5) is 0. The minimum Gasteiger partial charge on any atom is -0.389 e. The number of aliphatic hydroxyl groups excluding tert-OH is 1. The molecule has 15 heavy (non-hydrogen) atoms. The monoisotopic (exact) mass is 204 g/mol. The fraction of sp³-hybridized carbons (Fsp3) is 0.429. The lowest BCUT2D eigenvalue weighted by molar-refractivity contribution is 0.212. The van der Waals surface area contributed by atoms with E-state index in [1.54, 1.807) is 0 Å². The minimum atomic E-state index is -0.312. The number of benzene rings is 1. The Balaban J connectivity index is 2.31. The first-order valence-electron chi connectivity index (χ1n) is 5.59. The molecule has 0 saturated carbocycles. The molecule has 82 valence electrons. The number of rotatable bonds is 5. The summed E-state index contributed by atoms with van der Waals surface area (Å²) in [5.41, 5.74) is 1.29. The first kappa shape index (κ1) is 12.0. The van der Waals surface area contributed by atoms with E-state index < -0.39 is 0 Å². The molecule has 0 aliphatic rings. The van der Waals surface area contributed by atoms with Crippen LogP contribution < -0.4 is 0 Å². The van der Waals surface area contributed by atoms with Gasteiger partial charge in [-0.25, -0.2) is 0 Å². The third-order valence-electron chi connectivity index (χ3n) is 2.29. The molecule has 0 aliphatic heterocycles. The number of hydrogen-bond donors (Lipinski definition) is 1. The smallest absolute Gasteiger partial charge is 0.0724 e. The largest absolute Gasteiger partial charge is 0.389 e. The summed E-state index contributed by atoms with van der Waals surface area (Å²) < 4.78 is 0. The predicted molar refractivity (Wildman–Crippen MR) is 64.7 cm³/mol. The van der Waals surface area contributed by atoms with Crippen LogP contribution in [-0.2, 0) is 6.42 Å². The van der Waals surface area contributed by atoms with Crippen LogP contribution in [0, 0.1) is 5.92 Å². The topological polar surface area (TPSA) is 20.2 Å². The van der Waals surface area contributed by atoms with E-state index in [-0.39, 0.29) is 6.10 Å². The zero-order chi connectivity index (χ0) is 11.1. The zero-order valence-corrected chi connectivity index (χ0v) is 9.56. The highest BCUT2D eigenvalue weighted by Gasteiger charge is 2.00. The maximum absolute atomic E-state index is 9.67. The molecule has 0 bridgehead atoms. The van der Waals surface area contributed by atoms with Crippen molar-refractivity contribution < 1.29 is 5.11 Å². The van der Waals surface area contributed by atoms with Crippen LogP contribution in [0.5, 0.6) is 0 Å². The number of aryl methyl sites for hydroxylation is 1. The van der Waals surface area contributed by atoms with Crippen LogP contribution in [0.4, 0.5) is 0 Å². The summed E-state index contributed by atoms with van der Waals surface area (Å²) in [6.45, 7) is 4.22. The normalized spacial score (nSPS) is 13.6. The SMILES string of the molecule is CC(C)/C=C/[C@@H](O)CCc1ccccc1. The zero-order valence-electron chi connectivity index (χ0n) is 9.56. The lowest BCUT2D eigenvalue weighted by Gasteiger charge is -2.06. The second-order valence-electron chi connectivity index (χ2n) is 4.22. The van der Waals surface area contributed by atoms with Crippen molar-refractivity contribution in [3.8, 4) is 0 Å². The Kier molecular flexibility index (Phi) is 5.13. The molecule has 1 aromatic rings. The summed E-state index contributed by atoms with van der Waals surface area (Å²) in [5.74, 6) is 0.511. The summed E-state index contributed by atoms with van der Waals surface area (Å²) in [6, 6.07) is 10.3. The van der Waals surface area contributed by atoms with Gasteiger partial charge in [0.25, 0.3) is 0 Å². The second kappa shape index (κ2) is 6.41. The maximum atomic E-state index is 9.67. The molecule has 1 atom stereocenters. The van der Waals surface area contributed by atoms with Gasteiger partial charge in [0.15, 0.2) is 0 Å². The highest BCUT2D eigenvalue weighted by Crippen LogP contribution is 2.06. The van der Waals surface area contributed by atoms with Crippen LogP contribution >= 0.6 is 0 Å². The highest BCUT2D eigenvalue weighted by molar-refractivity contribution is 5.15. The van der Waals surface area contributed by atoms with Crippen LogP contribution in [0.1, 0.15) is 25.8 Å². The molecule has 1 aromatic carbocycles. The van der Waals surface area contributed by atoms with Gasteiger partial charge < -0.3 is 5.11 Å². The van der Waals surface area contributed by atoms with Gasteiger partial charge in [0.1, 0.15) is 0 Å². The minimum absolute atomic E-state index is 0.312. The fourth-order valence-electron chi connectivity index (χ4n) is 1.41. The predicted octanol–water partition coefficient (Wildman–Crippen LogP) is 3.19. The molecule has 0 aliphatic carbocycles. The first-order valence-corrected chi connectivity index (χ1v) is 5.59. The first-order chi connectivity index (χ1) is 7.18. The third kappa shape index (κ3) is 5.38. The van der Waals surface area contributed by atoms with Crippen molar-refractivity contribution >= 4 is 0 Å². The number of hydrogen-bond acceptors (Lipinski definition) is 1. The van der Waals surface area contributed by atoms with Crippen LogP contribution in [0.3, 0.4) is 0 Å². The lowest BCUT2D eigenvalue weighted by Crippen LogP contribution is -2.04. The Morgan fingerprint density at radius 1 is 1.13 bits per heavy atom. The lowest BCUT2D eigenvalue weighted by atomic mass is 10.1. The molecule has 0 aromatic heterocycles. The summed E-state index contributed by atoms with van der Waals surface area (Å²) >= 11 is 0. The molecule has 0 heterocycles. The number of allylic oxidation sites excluding steroid dienone is 1. The van der Waals surface area contributed by atoms with Gasteiger partial charge in [-0.1, -0.05) is 56.3 Å². The van der Waals surface area contributed by atoms with Crippen molar-refractivity contribution in [2.75, 3.05) is 0 Å². The van der Waals surface area contributed by atoms with Crippen LogP contribution in [0.2, 0.25) is 0 Å². The second-order valence-corrected chi connectivity index (χ2v) is 4.22. The maximum Gasteiger partial charge on any atom is 0.0724 e.